The Bertz CT molecular complexity index is 157. The number of ether oxygens (including phenoxy) is 1. The third-order valence-corrected chi connectivity index (χ3v) is 2.39. The molecular weight excluding hydrogens is 192 g/mol. The van der Waals surface area contributed by atoms with Crippen LogP contribution in [0.3, 0.4) is 0 Å². The molecule has 1 atom stereocenters. The number of rotatable bonds is 10. The Labute approximate surface area is 92.8 Å². The van der Waals surface area contributed by atoms with Gasteiger partial charge in [0.15, 0.2) is 6.10 Å². The number of carboxylic acid groups (broad SMARTS) is 1. The minimum atomic E-state index is -0.828. The van der Waals surface area contributed by atoms with Crippen molar-refractivity contribution in [2.75, 3.05) is 6.61 Å². The molecule has 15 heavy (non-hydrogen) atoms. The van der Waals surface area contributed by atoms with Crippen LogP contribution in [0.1, 0.15) is 58.8 Å². The van der Waals surface area contributed by atoms with E-state index in [2.05, 4.69) is 6.92 Å². The van der Waals surface area contributed by atoms with Crippen LogP contribution in [0, 0.1) is 0 Å². The molecule has 0 bridgehead atoms. The van der Waals surface area contributed by atoms with E-state index in [0.717, 1.165) is 19.3 Å². The Hall–Kier alpha value is -0.570. The van der Waals surface area contributed by atoms with E-state index in [1.807, 2.05) is 6.92 Å². The fourth-order valence-electron chi connectivity index (χ4n) is 1.47. The predicted octanol–water partition coefficient (Wildman–Crippen LogP) is 3.23. The average molecular weight is 216 g/mol. The van der Waals surface area contributed by atoms with Crippen molar-refractivity contribution in [2.45, 2.75) is 64.9 Å². The summed E-state index contributed by atoms with van der Waals surface area (Å²) >= 11 is 0. The summed E-state index contributed by atoms with van der Waals surface area (Å²) in [5.41, 5.74) is 0. The molecule has 0 fully saturated rings. The normalized spacial score (nSPS) is 12.7. The van der Waals surface area contributed by atoms with Crippen molar-refractivity contribution in [3.8, 4) is 0 Å². The van der Waals surface area contributed by atoms with Crippen molar-refractivity contribution in [3.05, 3.63) is 0 Å². The van der Waals surface area contributed by atoms with Gasteiger partial charge in [0.25, 0.3) is 0 Å². The number of aliphatic carboxylic acids is 1. The highest BCUT2D eigenvalue weighted by Crippen LogP contribution is 2.06. The van der Waals surface area contributed by atoms with Crippen molar-refractivity contribution >= 4 is 5.97 Å². The zero-order valence-electron chi connectivity index (χ0n) is 10.00. The minimum Gasteiger partial charge on any atom is -0.479 e. The van der Waals surface area contributed by atoms with Crippen LogP contribution in [-0.4, -0.2) is 23.8 Å². The van der Waals surface area contributed by atoms with Gasteiger partial charge >= 0.3 is 5.97 Å². The molecule has 0 aliphatic heterocycles. The molecule has 0 saturated carbocycles. The molecule has 3 heteroatoms. The van der Waals surface area contributed by atoms with Crippen LogP contribution in [0.15, 0.2) is 0 Å². The molecule has 90 valence electrons. The fraction of sp³-hybridized carbons (Fsp3) is 0.917. The van der Waals surface area contributed by atoms with Gasteiger partial charge in [-0.3, -0.25) is 0 Å². The second kappa shape index (κ2) is 9.97. The Morgan fingerprint density at radius 3 is 2.33 bits per heavy atom. The molecule has 0 radical (unpaired) electrons. The highest BCUT2D eigenvalue weighted by atomic mass is 16.5. The first-order valence-electron chi connectivity index (χ1n) is 6.06. The highest BCUT2D eigenvalue weighted by Gasteiger charge is 2.15. The third kappa shape index (κ3) is 8.43. The second-order valence-corrected chi connectivity index (χ2v) is 3.90. The molecule has 1 unspecified atom stereocenters. The minimum absolute atomic E-state index is 0.584. The topological polar surface area (TPSA) is 46.5 Å². The van der Waals surface area contributed by atoms with Crippen molar-refractivity contribution < 1.29 is 14.6 Å². The smallest absolute Gasteiger partial charge is 0.332 e. The third-order valence-electron chi connectivity index (χ3n) is 2.39. The number of hydrogen-bond acceptors (Lipinski definition) is 2. The van der Waals surface area contributed by atoms with Gasteiger partial charge in [-0.1, -0.05) is 46.0 Å². The Kier molecular flexibility index (Phi) is 9.59. The summed E-state index contributed by atoms with van der Waals surface area (Å²) in [6, 6.07) is 0. The molecular formula is C12H24O3. The van der Waals surface area contributed by atoms with Gasteiger partial charge in [-0.25, -0.2) is 4.79 Å². The summed E-state index contributed by atoms with van der Waals surface area (Å²) in [6.07, 6.45) is 6.72. The lowest BCUT2D eigenvalue weighted by atomic mass is 10.1. The van der Waals surface area contributed by atoms with E-state index in [1.165, 1.54) is 19.3 Å². The van der Waals surface area contributed by atoms with Gasteiger partial charge in [-0.2, -0.15) is 0 Å². The summed E-state index contributed by atoms with van der Waals surface area (Å²) in [4.78, 5) is 10.7. The molecule has 0 rings (SSSR count). The maximum absolute atomic E-state index is 10.7. The van der Waals surface area contributed by atoms with Crippen LogP contribution in [0.2, 0.25) is 0 Å². The van der Waals surface area contributed by atoms with E-state index in [1.54, 1.807) is 0 Å². The van der Waals surface area contributed by atoms with Gasteiger partial charge in [0.05, 0.1) is 0 Å². The molecule has 0 aromatic carbocycles. The summed E-state index contributed by atoms with van der Waals surface area (Å²) in [5, 5.41) is 8.82. The van der Waals surface area contributed by atoms with E-state index >= 15 is 0 Å². The molecule has 0 aromatic heterocycles. The predicted molar refractivity (Wildman–Crippen MR) is 61.0 cm³/mol. The monoisotopic (exact) mass is 216 g/mol. The number of carboxylic acids is 1. The first kappa shape index (κ1) is 14.4. The van der Waals surface area contributed by atoms with Crippen LogP contribution in [0.5, 0.6) is 0 Å². The van der Waals surface area contributed by atoms with Gasteiger partial charge in [0.1, 0.15) is 0 Å². The summed E-state index contributed by atoms with van der Waals surface area (Å²) in [5.74, 6) is -0.828. The van der Waals surface area contributed by atoms with E-state index in [9.17, 15) is 4.79 Å². The Balaban J connectivity index is 3.41. The largest absolute Gasteiger partial charge is 0.479 e. The zero-order chi connectivity index (χ0) is 11.5. The van der Waals surface area contributed by atoms with Crippen molar-refractivity contribution in [1.29, 1.82) is 0 Å². The Morgan fingerprint density at radius 1 is 1.13 bits per heavy atom. The molecule has 0 aromatic rings. The van der Waals surface area contributed by atoms with Gasteiger partial charge in [-0.15, -0.1) is 0 Å². The average Bonchev–Trinajstić information content (AvgIpc) is 2.21. The fourth-order valence-corrected chi connectivity index (χ4v) is 1.47. The number of hydrogen-bond donors (Lipinski definition) is 1. The highest BCUT2D eigenvalue weighted by molar-refractivity contribution is 5.72. The lowest BCUT2D eigenvalue weighted by Gasteiger charge is -2.12. The maximum atomic E-state index is 10.7. The van der Waals surface area contributed by atoms with Crippen LogP contribution >= 0.6 is 0 Å². The van der Waals surface area contributed by atoms with Crippen LogP contribution < -0.4 is 0 Å². The lowest BCUT2D eigenvalue weighted by molar-refractivity contribution is -0.150. The molecule has 1 N–H and O–H groups in total. The summed E-state index contributed by atoms with van der Waals surface area (Å²) in [6.45, 7) is 4.74. The van der Waals surface area contributed by atoms with E-state index in [-0.39, 0.29) is 0 Å². The van der Waals surface area contributed by atoms with Gasteiger partial charge in [0, 0.05) is 6.61 Å². The first-order valence-corrected chi connectivity index (χ1v) is 6.06. The van der Waals surface area contributed by atoms with Crippen LogP contribution in [0.25, 0.3) is 0 Å². The van der Waals surface area contributed by atoms with Gasteiger partial charge < -0.3 is 9.84 Å². The maximum Gasteiger partial charge on any atom is 0.332 e. The van der Waals surface area contributed by atoms with Crippen LogP contribution in [0.4, 0.5) is 0 Å². The summed E-state index contributed by atoms with van der Waals surface area (Å²) in [7, 11) is 0. The Morgan fingerprint density at radius 2 is 1.80 bits per heavy atom. The van der Waals surface area contributed by atoms with E-state index in [0.29, 0.717) is 13.0 Å². The number of carbonyl (C=O) groups is 1. The molecule has 0 aliphatic rings. The lowest BCUT2D eigenvalue weighted by Crippen LogP contribution is -2.24. The number of unbranched alkanes of at least 4 members (excludes halogenated alkanes) is 4. The van der Waals surface area contributed by atoms with Crippen LogP contribution in [-0.2, 0) is 9.53 Å². The van der Waals surface area contributed by atoms with E-state index < -0.39 is 12.1 Å². The van der Waals surface area contributed by atoms with Crippen molar-refractivity contribution in [1.82, 2.24) is 0 Å². The molecule has 0 amide bonds. The standard InChI is InChI=1S/C12H24O3/c1-3-5-6-7-8-10-15-11(9-4-2)12(13)14/h11H,3-10H2,1-2H3,(H,13,14). The molecule has 0 aliphatic carbocycles. The quantitative estimate of drug-likeness (QED) is 0.570. The molecule has 0 spiro atoms. The first-order chi connectivity index (χ1) is 7.22. The van der Waals surface area contributed by atoms with E-state index in [4.69, 9.17) is 9.84 Å². The van der Waals surface area contributed by atoms with Gasteiger partial charge in [0.2, 0.25) is 0 Å². The molecule has 0 heterocycles. The molecule has 3 nitrogen and oxygen atoms in total. The second-order valence-electron chi connectivity index (χ2n) is 3.90. The summed E-state index contributed by atoms with van der Waals surface area (Å²) < 4.78 is 5.32. The van der Waals surface area contributed by atoms with Crippen molar-refractivity contribution in [3.63, 3.8) is 0 Å². The SMILES string of the molecule is CCCCCCCOC(CCC)C(=O)O. The molecule has 0 saturated heterocycles. The van der Waals surface area contributed by atoms with Crippen molar-refractivity contribution in [2.24, 2.45) is 0 Å². The zero-order valence-corrected chi connectivity index (χ0v) is 10.00. The van der Waals surface area contributed by atoms with Gasteiger partial charge in [-0.05, 0) is 12.8 Å².